The number of quaternary nitrogens is 1. The van der Waals surface area contributed by atoms with Crippen molar-refractivity contribution in [1.29, 1.82) is 0 Å². The number of nitrogens with zero attached hydrogens (tertiary/aromatic N) is 1. The molecule has 0 aromatic rings. The summed E-state index contributed by atoms with van der Waals surface area (Å²) in [5.74, 6) is -0.0867. The van der Waals surface area contributed by atoms with Crippen LogP contribution in [-0.2, 0) is 20.0 Å². The summed E-state index contributed by atoms with van der Waals surface area (Å²) in [4.78, 5) is 2.24. The number of piperidine rings is 1. The van der Waals surface area contributed by atoms with Crippen LogP contribution in [0.5, 0.6) is 0 Å². The zero-order valence-electron chi connectivity index (χ0n) is 10.1. The normalized spacial score (nSPS) is 19.4. The Morgan fingerprint density at radius 2 is 1.65 bits per heavy atom. The summed E-state index contributed by atoms with van der Waals surface area (Å²) in [6, 6.07) is 0. The Morgan fingerprint density at radius 1 is 1.06 bits per heavy atom. The van der Waals surface area contributed by atoms with Crippen LogP contribution >= 0.6 is 0 Å². The number of hydrogen-bond acceptors (Lipinski definition) is 5. The molecule has 0 radical (unpaired) electrons. The van der Waals surface area contributed by atoms with Crippen molar-refractivity contribution >= 4 is 20.0 Å². The summed E-state index contributed by atoms with van der Waals surface area (Å²) >= 11 is 0. The van der Waals surface area contributed by atoms with E-state index in [2.05, 4.69) is 4.90 Å². The molecule has 1 fully saturated rings. The van der Waals surface area contributed by atoms with E-state index in [0.717, 1.165) is 25.9 Å². The van der Waals surface area contributed by atoms with E-state index in [-0.39, 0.29) is 5.75 Å². The Morgan fingerprint density at radius 3 is 2.18 bits per heavy atom. The van der Waals surface area contributed by atoms with Gasteiger partial charge in [-0.2, -0.15) is 16.8 Å². The van der Waals surface area contributed by atoms with E-state index in [0.29, 0.717) is 10.5 Å². The maximum absolute atomic E-state index is 11.4. The monoisotopic (exact) mass is 285 g/mol. The lowest BCUT2D eigenvalue weighted by atomic mass is 10.1. The van der Waals surface area contributed by atoms with Gasteiger partial charge in [0.1, 0.15) is 5.75 Å². The fourth-order valence-electron chi connectivity index (χ4n) is 1.99. The average molecular weight is 285 g/mol. The van der Waals surface area contributed by atoms with Crippen LogP contribution in [0.3, 0.4) is 0 Å². The first-order valence-corrected chi connectivity index (χ1v) is 9.45. The molecule has 0 spiro atoms. The van der Waals surface area contributed by atoms with Crippen molar-refractivity contribution in [1.82, 2.24) is 4.90 Å². The molecule has 1 heterocycles. The molecule has 0 aliphatic carbocycles. The quantitative estimate of drug-likeness (QED) is 0.656. The fraction of sp³-hybridized carbons (Fsp3) is 1.00. The van der Waals surface area contributed by atoms with E-state index < -0.39 is 20.0 Å². The molecule has 0 amide bonds. The van der Waals surface area contributed by atoms with Crippen molar-refractivity contribution < 1.29 is 21.0 Å². The number of primary sulfonamides is 2. The van der Waals surface area contributed by atoms with Gasteiger partial charge in [0.25, 0.3) is 0 Å². The van der Waals surface area contributed by atoms with E-state index in [1.54, 1.807) is 0 Å². The zero-order chi connectivity index (χ0) is 12.9. The summed E-state index contributed by atoms with van der Waals surface area (Å²) in [6.45, 7) is 2.78. The Bertz CT molecular complexity index is 424. The molecule has 8 heteroatoms. The van der Waals surface area contributed by atoms with Crippen LogP contribution in [0.1, 0.15) is 25.7 Å². The molecule has 0 bridgehead atoms. The molecule has 102 valence electrons. The maximum atomic E-state index is 11.4. The molecule has 0 saturated carbocycles. The Labute approximate surface area is 103 Å². The van der Waals surface area contributed by atoms with Crippen molar-refractivity contribution in [3.63, 3.8) is 0 Å². The first-order valence-electron chi connectivity index (χ1n) is 5.78. The van der Waals surface area contributed by atoms with E-state index >= 15 is 0 Å². The minimum absolute atomic E-state index is 0.0867. The van der Waals surface area contributed by atoms with Crippen LogP contribution in [0.2, 0.25) is 0 Å². The summed E-state index contributed by atoms with van der Waals surface area (Å²) < 4.78 is 45.1. The number of nitrogens with two attached hydrogens (primary N) is 1. The van der Waals surface area contributed by atoms with Crippen LogP contribution in [0.15, 0.2) is 0 Å². The second-order valence-electron chi connectivity index (χ2n) is 4.55. The van der Waals surface area contributed by atoms with Gasteiger partial charge in [0, 0.05) is 0 Å². The Balaban J connectivity index is 2.30. The number of hydrogen-bond donors (Lipinski definition) is 1. The topological polar surface area (TPSA) is 88.1 Å². The van der Waals surface area contributed by atoms with Gasteiger partial charge in [-0.15, -0.1) is 4.13 Å². The van der Waals surface area contributed by atoms with Crippen LogP contribution < -0.4 is 4.13 Å². The third-order valence-electron chi connectivity index (χ3n) is 2.67. The molecule has 1 aliphatic rings. The first-order chi connectivity index (χ1) is 7.79. The van der Waals surface area contributed by atoms with Crippen molar-refractivity contribution in [2.45, 2.75) is 25.7 Å². The third kappa shape index (κ3) is 6.97. The maximum Gasteiger partial charge on any atom is 0.308 e. The highest BCUT2D eigenvalue weighted by Gasteiger charge is 2.20. The van der Waals surface area contributed by atoms with Crippen LogP contribution in [-0.4, -0.2) is 53.4 Å². The molecular formula is C9H21N2O4S2+. The lowest BCUT2D eigenvalue weighted by Gasteiger charge is -2.25. The van der Waals surface area contributed by atoms with Crippen molar-refractivity contribution in [3.05, 3.63) is 0 Å². The van der Waals surface area contributed by atoms with E-state index in [1.165, 1.54) is 19.3 Å². The van der Waals surface area contributed by atoms with Gasteiger partial charge in [-0.05, 0) is 38.9 Å². The molecule has 0 aromatic carbocycles. The molecule has 2 N–H and O–H groups in total. The predicted octanol–water partition coefficient (Wildman–Crippen LogP) is -1.28. The van der Waals surface area contributed by atoms with E-state index in [4.69, 9.17) is 0 Å². The van der Waals surface area contributed by atoms with E-state index in [9.17, 15) is 16.8 Å². The smallest absolute Gasteiger partial charge is 0.303 e. The zero-order valence-corrected chi connectivity index (χ0v) is 11.8. The van der Waals surface area contributed by atoms with Gasteiger partial charge in [0.05, 0.1) is 6.26 Å². The number of likely N-dealkylation sites (tertiary alicyclic amines) is 1. The van der Waals surface area contributed by atoms with Crippen LogP contribution in [0.25, 0.3) is 0 Å². The van der Waals surface area contributed by atoms with Gasteiger partial charge in [-0.3, -0.25) is 0 Å². The van der Waals surface area contributed by atoms with Gasteiger partial charge in [-0.1, -0.05) is 6.42 Å². The molecule has 1 aliphatic heterocycles. The fourth-order valence-corrected chi connectivity index (χ4v) is 5.03. The summed E-state index contributed by atoms with van der Waals surface area (Å²) in [7, 11) is -7.14. The highest BCUT2D eigenvalue weighted by molar-refractivity contribution is 7.95. The minimum atomic E-state index is -3.58. The molecule has 1 rings (SSSR count). The lowest BCUT2D eigenvalue weighted by Crippen LogP contribution is -2.90. The molecular weight excluding hydrogens is 264 g/mol. The first kappa shape index (κ1) is 14.9. The van der Waals surface area contributed by atoms with Gasteiger partial charge in [0.15, 0.2) is 0 Å². The minimum Gasteiger partial charge on any atom is -0.303 e. The molecule has 0 unspecified atom stereocenters. The van der Waals surface area contributed by atoms with Crippen LogP contribution in [0.4, 0.5) is 0 Å². The summed E-state index contributed by atoms with van der Waals surface area (Å²) in [5, 5.41) is 0. The Hall–Kier alpha value is -0.180. The van der Waals surface area contributed by atoms with Crippen molar-refractivity contribution in [3.8, 4) is 0 Å². The molecule has 1 saturated heterocycles. The average Bonchev–Trinajstić information content (AvgIpc) is 2.15. The third-order valence-corrected chi connectivity index (χ3v) is 6.10. The largest absolute Gasteiger partial charge is 0.308 e. The van der Waals surface area contributed by atoms with Crippen LogP contribution in [0, 0.1) is 0 Å². The lowest BCUT2D eigenvalue weighted by molar-refractivity contribution is -0.311. The van der Waals surface area contributed by atoms with Crippen molar-refractivity contribution in [2.24, 2.45) is 0 Å². The Kier molecular flexibility index (Phi) is 5.36. The highest BCUT2D eigenvalue weighted by Crippen LogP contribution is 2.08. The van der Waals surface area contributed by atoms with Gasteiger partial charge >= 0.3 is 20.0 Å². The van der Waals surface area contributed by atoms with Gasteiger partial charge in [0.2, 0.25) is 0 Å². The molecule has 17 heavy (non-hydrogen) atoms. The second-order valence-corrected chi connectivity index (χ2v) is 8.71. The summed E-state index contributed by atoms with van der Waals surface area (Å²) in [6.07, 6.45) is 4.98. The SMILES string of the molecule is CS(=O)(=O)[NH2+]S(=O)(=O)CCCN1CCCCC1. The van der Waals surface area contributed by atoms with E-state index in [1.807, 2.05) is 0 Å². The summed E-state index contributed by atoms with van der Waals surface area (Å²) in [5.41, 5.74) is 0. The molecule has 0 atom stereocenters. The number of sulfonamides is 2. The van der Waals surface area contributed by atoms with Crippen molar-refractivity contribution in [2.75, 3.05) is 31.6 Å². The molecule has 0 aromatic heterocycles. The van der Waals surface area contributed by atoms with Gasteiger partial charge in [-0.25, -0.2) is 0 Å². The predicted molar refractivity (Wildman–Crippen MR) is 65.5 cm³/mol. The molecule has 6 nitrogen and oxygen atoms in total. The van der Waals surface area contributed by atoms with Gasteiger partial charge < -0.3 is 4.90 Å². The number of rotatable bonds is 6. The second kappa shape index (κ2) is 6.12. The highest BCUT2D eigenvalue weighted by atomic mass is 32.3. The standard InChI is InChI=1S/C9H20N2O4S2/c1-16(12,13)10-17(14,15)9-5-8-11-6-3-2-4-7-11/h10H,2-9H2,1H3/p+1.